The van der Waals surface area contributed by atoms with Gasteiger partial charge in [-0.15, -0.1) is 0 Å². The standard InChI is InChI=1S/C18H24N2O5S/c1-12(2)9-26(22,23)20-6-5-18(10-20)8-14(18)17(21)19-13-3-4-15-16(7-13)25-11-24-15/h3-4,7,12,14H,5-6,8-11H2,1-2H3,(H,19,21). The zero-order valence-electron chi connectivity index (χ0n) is 15.0. The number of amides is 1. The minimum Gasteiger partial charge on any atom is -0.454 e. The van der Waals surface area contributed by atoms with Crippen molar-refractivity contribution < 1.29 is 22.7 Å². The molecule has 7 nitrogen and oxygen atoms in total. The maximum absolute atomic E-state index is 12.6. The number of nitrogens with one attached hydrogen (secondary N) is 1. The summed E-state index contributed by atoms with van der Waals surface area (Å²) >= 11 is 0. The van der Waals surface area contributed by atoms with Crippen LogP contribution < -0.4 is 14.8 Å². The molecule has 1 amide bonds. The van der Waals surface area contributed by atoms with E-state index in [2.05, 4.69) is 5.32 Å². The van der Waals surface area contributed by atoms with Gasteiger partial charge in [0.2, 0.25) is 22.7 Å². The van der Waals surface area contributed by atoms with Crippen molar-refractivity contribution in [3.05, 3.63) is 18.2 Å². The van der Waals surface area contributed by atoms with Gasteiger partial charge >= 0.3 is 0 Å². The van der Waals surface area contributed by atoms with Crippen LogP contribution >= 0.6 is 0 Å². The summed E-state index contributed by atoms with van der Waals surface area (Å²) in [5.74, 6) is 1.38. The number of nitrogens with zero attached hydrogens (tertiary/aromatic N) is 1. The Hall–Kier alpha value is -1.80. The van der Waals surface area contributed by atoms with Crippen LogP contribution in [0.15, 0.2) is 18.2 Å². The molecule has 2 heterocycles. The second-order valence-corrected chi connectivity index (χ2v) is 9.95. The van der Waals surface area contributed by atoms with E-state index in [-0.39, 0.29) is 35.7 Å². The van der Waals surface area contributed by atoms with Crippen LogP contribution in [0.1, 0.15) is 26.7 Å². The molecule has 1 aliphatic carbocycles. The SMILES string of the molecule is CC(C)CS(=O)(=O)N1CCC2(CC2C(=O)Nc2ccc3c(c2)OCO3)C1. The highest BCUT2D eigenvalue weighted by Crippen LogP contribution is 2.59. The predicted octanol–water partition coefficient (Wildman–Crippen LogP) is 2.05. The quantitative estimate of drug-likeness (QED) is 0.845. The predicted molar refractivity (Wildman–Crippen MR) is 96.5 cm³/mol. The van der Waals surface area contributed by atoms with E-state index in [1.165, 1.54) is 0 Å². The van der Waals surface area contributed by atoms with Crippen LogP contribution in [0, 0.1) is 17.3 Å². The molecule has 1 spiro atoms. The minimum absolute atomic E-state index is 0.0491. The highest BCUT2D eigenvalue weighted by molar-refractivity contribution is 7.89. The number of rotatable bonds is 5. The van der Waals surface area contributed by atoms with Gasteiger partial charge in [0.15, 0.2) is 11.5 Å². The number of hydrogen-bond acceptors (Lipinski definition) is 5. The highest BCUT2D eigenvalue weighted by atomic mass is 32.2. The first-order valence-corrected chi connectivity index (χ1v) is 10.6. The van der Waals surface area contributed by atoms with Crippen molar-refractivity contribution in [3.8, 4) is 11.5 Å². The molecule has 0 radical (unpaired) electrons. The van der Waals surface area contributed by atoms with E-state index in [0.717, 1.165) is 12.8 Å². The van der Waals surface area contributed by atoms with Crippen LogP contribution in [0.25, 0.3) is 0 Å². The van der Waals surface area contributed by atoms with E-state index in [1.54, 1.807) is 22.5 Å². The highest BCUT2D eigenvalue weighted by Gasteiger charge is 2.62. The Labute approximate surface area is 153 Å². The molecule has 2 fully saturated rings. The molecule has 142 valence electrons. The van der Waals surface area contributed by atoms with Crippen molar-refractivity contribution in [1.82, 2.24) is 4.31 Å². The van der Waals surface area contributed by atoms with Crippen LogP contribution in [0.5, 0.6) is 11.5 Å². The Morgan fingerprint density at radius 1 is 1.35 bits per heavy atom. The van der Waals surface area contributed by atoms with Gasteiger partial charge in [0.1, 0.15) is 0 Å². The maximum atomic E-state index is 12.6. The molecule has 3 aliphatic rings. The van der Waals surface area contributed by atoms with E-state index in [9.17, 15) is 13.2 Å². The van der Waals surface area contributed by atoms with Crippen LogP contribution in [0.2, 0.25) is 0 Å². The van der Waals surface area contributed by atoms with Gasteiger partial charge in [0.05, 0.1) is 5.75 Å². The van der Waals surface area contributed by atoms with Gasteiger partial charge in [0, 0.05) is 30.8 Å². The van der Waals surface area contributed by atoms with Gasteiger partial charge in [0.25, 0.3) is 0 Å². The number of carbonyl (C=O) groups is 1. The number of hydrogen-bond donors (Lipinski definition) is 1. The Bertz CT molecular complexity index is 838. The Morgan fingerprint density at radius 2 is 2.12 bits per heavy atom. The van der Waals surface area contributed by atoms with Crippen molar-refractivity contribution in [3.63, 3.8) is 0 Å². The molecular weight excluding hydrogens is 356 g/mol. The smallest absolute Gasteiger partial charge is 0.231 e. The van der Waals surface area contributed by atoms with E-state index in [1.807, 2.05) is 13.8 Å². The summed E-state index contributed by atoms with van der Waals surface area (Å²) in [7, 11) is -3.23. The van der Waals surface area contributed by atoms with Gasteiger partial charge in [-0.2, -0.15) is 0 Å². The molecule has 2 aliphatic heterocycles. The number of fused-ring (bicyclic) bond motifs is 1. The molecule has 1 aromatic rings. The lowest BCUT2D eigenvalue weighted by atomic mass is 10.0. The van der Waals surface area contributed by atoms with Crippen molar-refractivity contribution in [1.29, 1.82) is 0 Å². The molecule has 26 heavy (non-hydrogen) atoms. The van der Waals surface area contributed by atoms with Crippen LogP contribution in [0.3, 0.4) is 0 Å². The maximum Gasteiger partial charge on any atom is 0.231 e. The van der Waals surface area contributed by atoms with Gasteiger partial charge in [-0.3, -0.25) is 4.79 Å². The zero-order valence-corrected chi connectivity index (χ0v) is 15.8. The molecular formula is C18H24N2O5S. The summed E-state index contributed by atoms with van der Waals surface area (Å²) < 4.78 is 37.0. The second-order valence-electron chi connectivity index (χ2n) is 7.93. The van der Waals surface area contributed by atoms with E-state index in [4.69, 9.17) is 9.47 Å². The molecule has 1 saturated heterocycles. The summed E-state index contributed by atoms with van der Waals surface area (Å²) in [5.41, 5.74) is 0.480. The normalized spacial score (nSPS) is 27.3. The van der Waals surface area contributed by atoms with Crippen molar-refractivity contribution in [2.75, 3.05) is 31.0 Å². The summed E-state index contributed by atoms with van der Waals surface area (Å²) in [6.45, 7) is 4.98. The topological polar surface area (TPSA) is 84.9 Å². The lowest BCUT2D eigenvalue weighted by Gasteiger charge is -2.18. The number of ether oxygens (including phenoxy) is 2. The second kappa shape index (κ2) is 6.13. The third kappa shape index (κ3) is 3.16. The number of carbonyl (C=O) groups excluding carboxylic acids is 1. The van der Waals surface area contributed by atoms with Gasteiger partial charge in [-0.05, 0) is 36.3 Å². The Kier molecular flexibility index (Phi) is 4.15. The molecule has 2 unspecified atom stereocenters. The van der Waals surface area contributed by atoms with Gasteiger partial charge < -0.3 is 14.8 Å². The van der Waals surface area contributed by atoms with E-state index < -0.39 is 10.0 Å². The third-order valence-electron chi connectivity index (χ3n) is 5.43. The summed E-state index contributed by atoms with van der Waals surface area (Å²) in [6, 6.07) is 5.31. The Morgan fingerprint density at radius 3 is 2.88 bits per heavy atom. The lowest BCUT2D eigenvalue weighted by Crippen LogP contribution is -2.33. The van der Waals surface area contributed by atoms with Gasteiger partial charge in [-0.1, -0.05) is 13.8 Å². The van der Waals surface area contributed by atoms with Crippen LogP contribution in [0.4, 0.5) is 5.69 Å². The molecule has 8 heteroatoms. The van der Waals surface area contributed by atoms with E-state index in [0.29, 0.717) is 30.3 Å². The van der Waals surface area contributed by atoms with Crippen molar-refractivity contribution in [2.45, 2.75) is 26.7 Å². The van der Waals surface area contributed by atoms with Gasteiger partial charge in [-0.25, -0.2) is 12.7 Å². The fraction of sp³-hybridized carbons (Fsp3) is 0.611. The first-order chi connectivity index (χ1) is 12.3. The average Bonchev–Trinajstić information content (AvgIpc) is 2.90. The summed E-state index contributed by atoms with van der Waals surface area (Å²) in [6.07, 6.45) is 1.50. The molecule has 0 bridgehead atoms. The van der Waals surface area contributed by atoms with Crippen LogP contribution in [-0.2, 0) is 14.8 Å². The molecule has 2 atom stereocenters. The third-order valence-corrected chi connectivity index (χ3v) is 7.62. The summed E-state index contributed by atoms with van der Waals surface area (Å²) in [5, 5.41) is 2.93. The van der Waals surface area contributed by atoms with E-state index >= 15 is 0 Å². The average molecular weight is 380 g/mol. The molecule has 1 N–H and O–H groups in total. The number of sulfonamides is 1. The fourth-order valence-corrected chi connectivity index (χ4v) is 5.87. The number of benzene rings is 1. The largest absolute Gasteiger partial charge is 0.454 e. The first kappa shape index (κ1) is 17.6. The number of anilines is 1. The molecule has 4 rings (SSSR count). The zero-order chi connectivity index (χ0) is 18.5. The molecule has 1 saturated carbocycles. The Balaban J connectivity index is 1.38. The van der Waals surface area contributed by atoms with Crippen molar-refractivity contribution >= 4 is 21.6 Å². The summed E-state index contributed by atoms with van der Waals surface area (Å²) in [4.78, 5) is 12.6. The first-order valence-electron chi connectivity index (χ1n) is 8.97. The minimum atomic E-state index is -3.23. The lowest BCUT2D eigenvalue weighted by molar-refractivity contribution is -0.118. The fourth-order valence-electron chi connectivity index (χ4n) is 3.99. The molecule has 1 aromatic carbocycles. The monoisotopic (exact) mass is 380 g/mol. The molecule has 0 aromatic heterocycles. The van der Waals surface area contributed by atoms with Crippen LogP contribution in [-0.4, -0.2) is 44.3 Å². The van der Waals surface area contributed by atoms with Crippen molar-refractivity contribution in [2.24, 2.45) is 17.3 Å².